The fraction of sp³-hybridized carbons (Fsp3) is 0.571. The molecule has 1 aromatic carbocycles. The number of unbranched alkanes of at least 4 members (excludes halogenated alkanes) is 5. The molecular weight excluding hydrogens is 218 g/mol. The van der Waals surface area contributed by atoms with Gasteiger partial charge in [-0.3, -0.25) is 0 Å². The summed E-state index contributed by atoms with van der Waals surface area (Å²) in [5, 5.41) is 0. The van der Waals surface area contributed by atoms with Crippen LogP contribution in [0.1, 0.15) is 44.1 Å². The standard InChI is InChI=1S/C14H23N.ClH/c15-13-9-4-2-1-3-6-10-14-11-7-5-8-12-14;/h5,7-8,11-12H,1-4,6,9-10,13,15H2;1H. The van der Waals surface area contributed by atoms with Gasteiger partial charge in [0, 0.05) is 0 Å². The summed E-state index contributed by atoms with van der Waals surface area (Å²) in [4.78, 5) is 0. The summed E-state index contributed by atoms with van der Waals surface area (Å²) in [6, 6.07) is 10.8. The monoisotopic (exact) mass is 241 g/mol. The number of halogens is 1. The Morgan fingerprint density at radius 2 is 1.31 bits per heavy atom. The Hall–Kier alpha value is -0.530. The van der Waals surface area contributed by atoms with Gasteiger partial charge < -0.3 is 18.1 Å². The predicted molar refractivity (Wildman–Crippen MR) is 65.6 cm³/mol. The third kappa shape index (κ3) is 7.72. The van der Waals surface area contributed by atoms with Crippen molar-refractivity contribution in [3.05, 3.63) is 35.9 Å². The highest BCUT2D eigenvalue weighted by Gasteiger charge is 1.93. The molecule has 16 heavy (non-hydrogen) atoms. The van der Waals surface area contributed by atoms with Crippen LogP contribution >= 0.6 is 0 Å². The number of hydrogen-bond acceptors (Lipinski definition) is 0. The lowest BCUT2D eigenvalue weighted by molar-refractivity contribution is -0.368. The molecule has 0 radical (unpaired) electrons. The average molecular weight is 242 g/mol. The van der Waals surface area contributed by atoms with Gasteiger partial charge in [0.25, 0.3) is 0 Å². The van der Waals surface area contributed by atoms with Crippen LogP contribution in [0.5, 0.6) is 0 Å². The first-order valence-electron chi connectivity index (χ1n) is 6.26. The number of rotatable bonds is 8. The molecule has 92 valence electrons. The second kappa shape index (κ2) is 11.0. The third-order valence-corrected chi connectivity index (χ3v) is 2.81. The SMILES string of the molecule is [Cl-].[NH3+]CCCCCCCCc1ccccc1. The molecule has 0 heterocycles. The van der Waals surface area contributed by atoms with Gasteiger partial charge >= 0.3 is 0 Å². The quantitative estimate of drug-likeness (QED) is 0.612. The molecular formula is C14H24ClN. The Kier molecular flexibility index (Phi) is 10.6. The van der Waals surface area contributed by atoms with Gasteiger partial charge in [0.2, 0.25) is 0 Å². The molecule has 1 nitrogen and oxygen atoms in total. The first kappa shape index (κ1) is 15.5. The van der Waals surface area contributed by atoms with E-state index in [2.05, 4.69) is 36.1 Å². The molecule has 0 saturated heterocycles. The molecule has 0 aliphatic heterocycles. The summed E-state index contributed by atoms with van der Waals surface area (Å²) >= 11 is 0. The fourth-order valence-corrected chi connectivity index (χ4v) is 1.86. The van der Waals surface area contributed by atoms with Crippen LogP contribution in [0.4, 0.5) is 0 Å². The van der Waals surface area contributed by atoms with Crippen molar-refractivity contribution in [3.63, 3.8) is 0 Å². The van der Waals surface area contributed by atoms with Crippen LogP contribution in [-0.4, -0.2) is 6.54 Å². The second-order valence-electron chi connectivity index (χ2n) is 4.21. The molecule has 0 spiro atoms. The highest BCUT2D eigenvalue weighted by Crippen LogP contribution is 2.09. The smallest absolute Gasteiger partial charge is 0.0739 e. The maximum Gasteiger partial charge on any atom is 0.0739 e. The summed E-state index contributed by atoms with van der Waals surface area (Å²) in [5.74, 6) is 0. The highest BCUT2D eigenvalue weighted by molar-refractivity contribution is 5.14. The van der Waals surface area contributed by atoms with Gasteiger partial charge in [-0.15, -0.1) is 0 Å². The lowest BCUT2D eigenvalue weighted by Gasteiger charge is -2.01. The summed E-state index contributed by atoms with van der Waals surface area (Å²) in [6.07, 6.45) is 9.43. The second-order valence-corrected chi connectivity index (χ2v) is 4.21. The van der Waals surface area contributed by atoms with Crippen molar-refractivity contribution >= 4 is 0 Å². The number of hydrogen-bond donors (Lipinski definition) is 1. The Balaban J connectivity index is 0.00000225. The maximum atomic E-state index is 3.86. The summed E-state index contributed by atoms with van der Waals surface area (Å²) < 4.78 is 0. The van der Waals surface area contributed by atoms with Crippen molar-refractivity contribution < 1.29 is 18.1 Å². The highest BCUT2D eigenvalue weighted by atomic mass is 35.5. The van der Waals surface area contributed by atoms with Crippen LogP contribution < -0.4 is 18.1 Å². The van der Waals surface area contributed by atoms with Gasteiger partial charge in [-0.25, -0.2) is 0 Å². The maximum absolute atomic E-state index is 3.86. The molecule has 0 unspecified atom stereocenters. The van der Waals surface area contributed by atoms with Crippen LogP contribution in [0.15, 0.2) is 30.3 Å². The van der Waals surface area contributed by atoms with E-state index in [4.69, 9.17) is 0 Å². The molecule has 0 saturated carbocycles. The molecule has 0 aromatic heterocycles. The van der Waals surface area contributed by atoms with Crippen molar-refractivity contribution in [1.29, 1.82) is 0 Å². The molecule has 1 aromatic rings. The molecule has 1 rings (SSSR count). The van der Waals surface area contributed by atoms with Gasteiger partial charge in [-0.05, 0) is 31.2 Å². The third-order valence-electron chi connectivity index (χ3n) is 2.81. The lowest BCUT2D eigenvalue weighted by Crippen LogP contribution is -3.00. The lowest BCUT2D eigenvalue weighted by atomic mass is 10.1. The molecule has 0 bridgehead atoms. The van der Waals surface area contributed by atoms with Crippen LogP contribution in [0.2, 0.25) is 0 Å². The molecule has 0 fully saturated rings. The van der Waals surface area contributed by atoms with E-state index >= 15 is 0 Å². The minimum atomic E-state index is 0. The zero-order chi connectivity index (χ0) is 10.8. The minimum absolute atomic E-state index is 0. The first-order chi connectivity index (χ1) is 7.43. The van der Waals surface area contributed by atoms with Gasteiger partial charge in [0.05, 0.1) is 6.54 Å². The van der Waals surface area contributed by atoms with Gasteiger partial charge in [-0.1, -0.05) is 49.6 Å². The van der Waals surface area contributed by atoms with Gasteiger partial charge in [-0.2, -0.15) is 0 Å². The first-order valence-corrected chi connectivity index (χ1v) is 6.26. The largest absolute Gasteiger partial charge is 1.00 e. The van der Waals surface area contributed by atoms with Crippen molar-refractivity contribution in [2.45, 2.75) is 44.9 Å². The molecule has 3 N–H and O–H groups in total. The van der Waals surface area contributed by atoms with Crippen molar-refractivity contribution in [3.8, 4) is 0 Å². The van der Waals surface area contributed by atoms with Gasteiger partial charge in [0.15, 0.2) is 0 Å². The average Bonchev–Trinajstić information content (AvgIpc) is 2.29. The van der Waals surface area contributed by atoms with E-state index in [9.17, 15) is 0 Å². The van der Waals surface area contributed by atoms with E-state index in [-0.39, 0.29) is 12.4 Å². The zero-order valence-corrected chi connectivity index (χ0v) is 10.9. The Labute approximate surface area is 106 Å². The zero-order valence-electron chi connectivity index (χ0n) is 10.1. The Bertz CT molecular complexity index is 236. The van der Waals surface area contributed by atoms with E-state index in [0.717, 1.165) is 6.54 Å². The Morgan fingerprint density at radius 3 is 1.94 bits per heavy atom. The summed E-state index contributed by atoms with van der Waals surface area (Å²) in [5.41, 5.74) is 5.34. The Morgan fingerprint density at radius 1 is 0.750 bits per heavy atom. The van der Waals surface area contributed by atoms with E-state index in [1.807, 2.05) is 0 Å². The van der Waals surface area contributed by atoms with E-state index < -0.39 is 0 Å². The molecule has 0 aliphatic carbocycles. The summed E-state index contributed by atoms with van der Waals surface area (Å²) in [6.45, 7) is 1.10. The van der Waals surface area contributed by atoms with Crippen molar-refractivity contribution in [2.75, 3.05) is 6.54 Å². The number of aryl methyl sites for hydroxylation is 1. The van der Waals surface area contributed by atoms with E-state index in [1.54, 1.807) is 0 Å². The molecule has 0 amide bonds. The minimum Gasteiger partial charge on any atom is -1.00 e. The molecule has 0 atom stereocenters. The van der Waals surface area contributed by atoms with Crippen LogP contribution in [-0.2, 0) is 6.42 Å². The van der Waals surface area contributed by atoms with Crippen LogP contribution in [0.3, 0.4) is 0 Å². The van der Waals surface area contributed by atoms with Crippen molar-refractivity contribution in [1.82, 2.24) is 0 Å². The fourth-order valence-electron chi connectivity index (χ4n) is 1.86. The normalized spacial score (nSPS) is 9.81. The van der Waals surface area contributed by atoms with E-state index in [1.165, 1.54) is 50.5 Å². The molecule has 0 aliphatic rings. The number of quaternary nitrogens is 1. The number of benzene rings is 1. The van der Waals surface area contributed by atoms with Crippen molar-refractivity contribution in [2.24, 2.45) is 0 Å². The van der Waals surface area contributed by atoms with Crippen LogP contribution in [0.25, 0.3) is 0 Å². The topological polar surface area (TPSA) is 27.6 Å². The van der Waals surface area contributed by atoms with E-state index in [0.29, 0.717) is 0 Å². The molecule has 2 heteroatoms. The van der Waals surface area contributed by atoms with Crippen LogP contribution in [0, 0.1) is 0 Å². The predicted octanol–water partition coefficient (Wildman–Crippen LogP) is -0.184. The summed E-state index contributed by atoms with van der Waals surface area (Å²) in [7, 11) is 0. The van der Waals surface area contributed by atoms with Gasteiger partial charge in [0.1, 0.15) is 0 Å².